The second-order valence-corrected chi connectivity index (χ2v) is 7.58. The highest BCUT2D eigenvalue weighted by Gasteiger charge is 2.42. The normalized spacial score (nSPS) is 27.0. The van der Waals surface area contributed by atoms with E-state index in [1.165, 1.54) is 12.1 Å². The van der Waals surface area contributed by atoms with E-state index in [0.29, 0.717) is 26.1 Å². The maximum Gasteiger partial charge on any atom is 0.573 e. The van der Waals surface area contributed by atoms with Gasteiger partial charge in [-0.1, -0.05) is 12.1 Å². The van der Waals surface area contributed by atoms with E-state index in [1.54, 1.807) is 12.1 Å². The van der Waals surface area contributed by atoms with E-state index in [1.807, 2.05) is 18.9 Å². The van der Waals surface area contributed by atoms with Crippen molar-refractivity contribution in [2.24, 2.45) is 0 Å². The van der Waals surface area contributed by atoms with Gasteiger partial charge in [0, 0.05) is 25.2 Å². The molecule has 1 amide bonds. The standard InChI is InChI=1S/C19H25F3N2O3/c1-18(12-14-4-6-15(7-5-14)27-19(20,21)22)8-3-9-24(18)17(25)16-13-23(2)10-11-26-16/h4-7,16H,3,8-13H2,1-2H3. The van der Waals surface area contributed by atoms with Crippen LogP contribution in [0.25, 0.3) is 0 Å². The van der Waals surface area contributed by atoms with Crippen LogP contribution in [0.5, 0.6) is 5.75 Å². The molecule has 2 saturated heterocycles. The summed E-state index contributed by atoms with van der Waals surface area (Å²) in [5.74, 6) is -0.243. The minimum absolute atomic E-state index is 0.00132. The van der Waals surface area contributed by atoms with Crippen molar-refractivity contribution < 1.29 is 27.4 Å². The van der Waals surface area contributed by atoms with Gasteiger partial charge in [0.1, 0.15) is 11.9 Å². The van der Waals surface area contributed by atoms with Gasteiger partial charge < -0.3 is 19.3 Å². The lowest BCUT2D eigenvalue weighted by atomic mass is 9.89. The number of likely N-dealkylation sites (N-methyl/N-ethyl adjacent to an activating group) is 1. The Hall–Kier alpha value is -1.80. The smallest absolute Gasteiger partial charge is 0.406 e. The summed E-state index contributed by atoms with van der Waals surface area (Å²) in [4.78, 5) is 17.0. The van der Waals surface area contributed by atoms with Gasteiger partial charge in [-0.25, -0.2) is 0 Å². The van der Waals surface area contributed by atoms with Crippen LogP contribution in [0.1, 0.15) is 25.3 Å². The first-order valence-corrected chi connectivity index (χ1v) is 9.13. The molecule has 0 aliphatic carbocycles. The number of ether oxygens (including phenoxy) is 2. The maximum absolute atomic E-state index is 13.0. The molecule has 150 valence electrons. The van der Waals surface area contributed by atoms with Crippen molar-refractivity contribution in [1.29, 1.82) is 0 Å². The van der Waals surface area contributed by atoms with Crippen molar-refractivity contribution in [3.8, 4) is 5.75 Å². The number of alkyl halides is 3. The van der Waals surface area contributed by atoms with Gasteiger partial charge >= 0.3 is 6.36 Å². The van der Waals surface area contributed by atoms with E-state index >= 15 is 0 Å². The molecule has 0 saturated carbocycles. The van der Waals surface area contributed by atoms with Crippen molar-refractivity contribution in [2.45, 2.75) is 44.2 Å². The number of amides is 1. The van der Waals surface area contributed by atoms with Crippen LogP contribution in [0.4, 0.5) is 13.2 Å². The summed E-state index contributed by atoms with van der Waals surface area (Å²) >= 11 is 0. The number of nitrogens with zero attached hydrogens (tertiary/aromatic N) is 2. The number of halogens is 3. The molecular weight excluding hydrogens is 361 g/mol. The van der Waals surface area contributed by atoms with Crippen LogP contribution >= 0.6 is 0 Å². The Labute approximate surface area is 157 Å². The Bertz CT molecular complexity index is 665. The number of morpholine rings is 1. The summed E-state index contributed by atoms with van der Waals surface area (Å²) in [6.07, 6.45) is -2.82. The van der Waals surface area contributed by atoms with Crippen LogP contribution in [0.3, 0.4) is 0 Å². The van der Waals surface area contributed by atoms with Crippen molar-refractivity contribution in [3.05, 3.63) is 29.8 Å². The molecule has 1 aromatic rings. The quantitative estimate of drug-likeness (QED) is 0.798. The minimum atomic E-state index is -4.70. The molecule has 3 rings (SSSR count). The monoisotopic (exact) mass is 386 g/mol. The van der Waals surface area contributed by atoms with Crippen LogP contribution < -0.4 is 4.74 Å². The molecule has 2 aliphatic heterocycles. The summed E-state index contributed by atoms with van der Waals surface area (Å²) in [7, 11) is 1.97. The fourth-order valence-electron chi connectivity index (χ4n) is 3.93. The van der Waals surface area contributed by atoms with Gasteiger partial charge in [-0.2, -0.15) is 0 Å². The zero-order valence-electron chi connectivity index (χ0n) is 15.6. The molecular formula is C19H25F3N2O3. The Kier molecular flexibility index (Phi) is 5.67. The highest BCUT2D eigenvalue weighted by Crippen LogP contribution is 2.34. The molecule has 0 bridgehead atoms. The Morgan fingerprint density at radius 1 is 1.30 bits per heavy atom. The summed E-state index contributed by atoms with van der Waals surface area (Å²) in [5.41, 5.74) is 0.497. The van der Waals surface area contributed by atoms with Crippen LogP contribution in [0.2, 0.25) is 0 Å². The van der Waals surface area contributed by atoms with E-state index in [2.05, 4.69) is 9.64 Å². The molecule has 2 fully saturated rings. The molecule has 0 aromatic heterocycles. The van der Waals surface area contributed by atoms with Crippen LogP contribution in [0.15, 0.2) is 24.3 Å². The lowest BCUT2D eigenvalue weighted by molar-refractivity contribution is -0.274. The third-order valence-corrected chi connectivity index (χ3v) is 5.30. The highest BCUT2D eigenvalue weighted by molar-refractivity contribution is 5.82. The van der Waals surface area contributed by atoms with E-state index in [4.69, 9.17) is 4.74 Å². The van der Waals surface area contributed by atoms with Gasteiger partial charge in [-0.15, -0.1) is 13.2 Å². The summed E-state index contributed by atoms with van der Waals surface area (Å²) in [5, 5.41) is 0. The summed E-state index contributed by atoms with van der Waals surface area (Å²) in [6.45, 7) is 4.64. The average molecular weight is 386 g/mol. The molecule has 0 spiro atoms. The van der Waals surface area contributed by atoms with Crippen molar-refractivity contribution in [2.75, 3.05) is 33.3 Å². The van der Waals surface area contributed by atoms with Crippen LogP contribution in [-0.2, 0) is 16.0 Å². The molecule has 2 atom stereocenters. The van der Waals surface area contributed by atoms with Gasteiger partial charge in [0.25, 0.3) is 5.91 Å². The van der Waals surface area contributed by atoms with Gasteiger partial charge in [0.2, 0.25) is 0 Å². The van der Waals surface area contributed by atoms with E-state index < -0.39 is 12.5 Å². The summed E-state index contributed by atoms with van der Waals surface area (Å²) < 4.78 is 46.5. The van der Waals surface area contributed by atoms with Gasteiger partial charge in [0.15, 0.2) is 0 Å². The van der Waals surface area contributed by atoms with E-state index in [9.17, 15) is 18.0 Å². The van der Waals surface area contributed by atoms with Crippen LogP contribution in [0, 0.1) is 0 Å². The SMILES string of the molecule is CN1CCOC(C(=O)N2CCCC2(C)Cc2ccc(OC(F)(F)F)cc2)C1. The zero-order chi connectivity index (χ0) is 19.7. The zero-order valence-corrected chi connectivity index (χ0v) is 15.6. The molecule has 5 nitrogen and oxygen atoms in total. The molecule has 0 N–H and O–H groups in total. The van der Waals surface area contributed by atoms with E-state index in [0.717, 1.165) is 24.9 Å². The largest absolute Gasteiger partial charge is 0.573 e. The second-order valence-electron chi connectivity index (χ2n) is 7.58. The molecule has 2 heterocycles. The Balaban J connectivity index is 1.68. The van der Waals surface area contributed by atoms with E-state index in [-0.39, 0.29) is 17.2 Å². The number of benzene rings is 1. The molecule has 2 unspecified atom stereocenters. The Morgan fingerprint density at radius 2 is 2.00 bits per heavy atom. The highest BCUT2D eigenvalue weighted by atomic mass is 19.4. The molecule has 0 radical (unpaired) electrons. The second kappa shape index (κ2) is 7.67. The molecule has 1 aromatic carbocycles. The summed E-state index contributed by atoms with van der Waals surface area (Å²) in [6, 6.07) is 5.87. The van der Waals surface area contributed by atoms with Crippen molar-refractivity contribution in [1.82, 2.24) is 9.80 Å². The fourth-order valence-corrected chi connectivity index (χ4v) is 3.93. The predicted molar refractivity (Wildman–Crippen MR) is 93.4 cm³/mol. The minimum Gasteiger partial charge on any atom is -0.406 e. The number of carbonyl (C=O) groups excluding carboxylic acids is 1. The average Bonchev–Trinajstić information content (AvgIpc) is 2.96. The Morgan fingerprint density at radius 3 is 2.63 bits per heavy atom. The molecule has 27 heavy (non-hydrogen) atoms. The predicted octanol–water partition coefficient (Wildman–Crippen LogP) is 2.84. The number of carbonyl (C=O) groups is 1. The number of hydrogen-bond donors (Lipinski definition) is 0. The van der Waals surface area contributed by atoms with Crippen LogP contribution in [-0.4, -0.2) is 67.0 Å². The number of likely N-dealkylation sites (tertiary alicyclic amines) is 1. The first-order valence-electron chi connectivity index (χ1n) is 9.13. The third kappa shape index (κ3) is 4.93. The molecule has 2 aliphatic rings. The van der Waals surface area contributed by atoms with Gasteiger partial charge in [-0.3, -0.25) is 4.79 Å². The maximum atomic E-state index is 13.0. The van der Waals surface area contributed by atoms with Crippen molar-refractivity contribution >= 4 is 5.91 Å². The first-order chi connectivity index (χ1) is 12.7. The number of rotatable bonds is 4. The lowest BCUT2D eigenvalue weighted by Gasteiger charge is -2.39. The first kappa shape index (κ1) is 19.9. The third-order valence-electron chi connectivity index (χ3n) is 5.30. The van der Waals surface area contributed by atoms with Gasteiger partial charge in [0.05, 0.1) is 6.61 Å². The lowest BCUT2D eigenvalue weighted by Crippen LogP contribution is -2.55. The van der Waals surface area contributed by atoms with Gasteiger partial charge in [-0.05, 0) is 50.9 Å². The topological polar surface area (TPSA) is 42.0 Å². The van der Waals surface area contributed by atoms with Crippen molar-refractivity contribution in [3.63, 3.8) is 0 Å². The molecule has 8 heteroatoms. The fraction of sp³-hybridized carbons (Fsp3) is 0.632. The number of hydrogen-bond acceptors (Lipinski definition) is 4.